The fraction of sp³-hybridized carbons (Fsp3) is 0.343. The summed E-state index contributed by atoms with van der Waals surface area (Å²) in [5, 5.41) is 9.92. The van der Waals surface area contributed by atoms with Crippen molar-refractivity contribution in [3.8, 4) is 22.9 Å². The van der Waals surface area contributed by atoms with Crippen LogP contribution in [0.2, 0.25) is 18.6 Å². The summed E-state index contributed by atoms with van der Waals surface area (Å²) in [5.41, 5.74) is 0.141. The minimum absolute atomic E-state index is 0.139. The maximum Gasteiger partial charge on any atom is 0.297 e. The summed E-state index contributed by atoms with van der Waals surface area (Å²) in [4.78, 5) is 42.6. The molecule has 2 aliphatic rings. The van der Waals surface area contributed by atoms with Crippen molar-refractivity contribution < 1.29 is 28.2 Å². The van der Waals surface area contributed by atoms with E-state index in [1.54, 1.807) is 78.9 Å². The number of rotatable bonds is 9. The molecule has 12 heteroatoms. The highest BCUT2D eigenvalue weighted by Gasteiger charge is 2.66. The molecular weight excluding hydrogens is 621 g/mol. The Morgan fingerprint density at radius 3 is 2.09 bits per heavy atom. The number of hydrogen-bond acceptors (Lipinski definition) is 7. The number of anilines is 1. The highest BCUT2D eigenvalue weighted by atomic mass is 28.4. The van der Waals surface area contributed by atoms with Crippen LogP contribution in [0.4, 0.5) is 9.80 Å². The third-order valence-electron chi connectivity index (χ3n) is 9.43. The SMILES string of the molecule is COc1cccn(-c2cccc(CN3C(=O)[C@@]4(O[C@@H](CCO)[C@H]([Si](C)(C)F)[C@H]4C)c4cc(-n5cccc(OC)c5=O)ccc43)c2)c1=O. The van der Waals surface area contributed by atoms with Crippen molar-refractivity contribution in [2.45, 2.75) is 50.2 Å². The first-order chi connectivity index (χ1) is 22.5. The molecule has 0 saturated carbocycles. The van der Waals surface area contributed by atoms with Gasteiger partial charge in [0, 0.05) is 47.4 Å². The summed E-state index contributed by atoms with van der Waals surface area (Å²) in [7, 11) is -0.544. The lowest BCUT2D eigenvalue weighted by molar-refractivity contribution is -0.146. The van der Waals surface area contributed by atoms with E-state index in [1.807, 2.05) is 25.1 Å². The molecule has 1 fully saturated rings. The second-order valence-electron chi connectivity index (χ2n) is 12.5. The molecule has 1 amide bonds. The Hall–Kier alpha value is -4.52. The molecule has 246 valence electrons. The molecule has 2 aliphatic heterocycles. The van der Waals surface area contributed by atoms with Crippen LogP contribution in [-0.4, -0.2) is 55.5 Å². The second kappa shape index (κ2) is 12.3. The van der Waals surface area contributed by atoms with Crippen LogP contribution in [0, 0.1) is 5.92 Å². The van der Waals surface area contributed by atoms with Crippen molar-refractivity contribution in [3.05, 3.63) is 111 Å². The van der Waals surface area contributed by atoms with E-state index < -0.39 is 31.6 Å². The van der Waals surface area contributed by atoms with E-state index in [4.69, 9.17) is 14.2 Å². The largest absolute Gasteiger partial charge is 0.491 e. The molecule has 4 aromatic rings. The quantitative estimate of drug-likeness (QED) is 0.205. The van der Waals surface area contributed by atoms with Crippen LogP contribution < -0.4 is 25.5 Å². The summed E-state index contributed by atoms with van der Waals surface area (Å²) in [6, 6.07) is 19.2. The molecule has 0 aliphatic carbocycles. The topological polar surface area (TPSA) is 112 Å². The minimum Gasteiger partial charge on any atom is -0.491 e. The number of nitrogens with zero attached hydrogens (tertiary/aromatic N) is 3. The van der Waals surface area contributed by atoms with E-state index in [1.165, 1.54) is 23.4 Å². The fourth-order valence-electron chi connectivity index (χ4n) is 7.39. The molecule has 1 N–H and O–H groups in total. The summed E-state index contributed by atoms with van der Waals surface area (Å²) in [5.74, 6) is -0.550. The van der Waals surface area contributed by atoms with E-state index in [2.05, 4.69) is 0 Å². The van der Waals surface area contributed by atoms with Gasteiger partial charge in [0.15, 0.2) is 17.1 Å². The molecule has 6 rings (SSSR count). The predicted octanol–water partition coefficient (Wildman–Crippen LogP) is 4.71. The molecule has 1 spiro atoms. The number of carbonyl (C=O) groups is 1. The number of hydrogen-bond donors (Lipinski definition) is 1. The summed E-state index contributed by atoms with van der Waals surface area (Å²) in [6.45, 7) is 4.99. The van der Waals surface area contributed by atoms with Gasteiger partial charge in [0.05, 0.1) is 32.6 Å². The average Bonchev–Trinajstić information content (AvgIpc) is 3.47. The molecule has 47 heavy (non-hydrogen) atoms. The van der Waals surface area contributed by atoms with Crippen molar-refractivity contribution in [1.82, 2.24) is 9.13 Å². The number of aliphatic hydroxyl groups is 1. The van der Waals surface area contributed by atoms with Crippen LogP contribution >= 0.6 is 0 Å². The zero-order valence-corrected chi connectivity index (χ0v) is 28.0. The zero-order chi connectivity index (χ0) is 33.7. The van der Waals surface area contributed by atoms with Gasteiger partial charge in [0.25, 0.3) is 17.0 Å². The summed E-state index contributed by atoms with van der Waals surface area (Å²) in [6.07, 6.45) is 2.78. The highest BCUT2D eigenvalue weighted by molar-refractivity contribution is 6.72. The molecule has 0 bridgehead atoms. The average molecular weight is 660 g/mol. The van der Waals surface area contributed by atoms with E-state index in [-0.39, 0.29) is 48.1 Å². The van der Waals surface area contributed by atoms with Gasteiger partial charge in [-0.2, -0.15) is 0 Å². The van der Waals surface area contributed by atoms with Gasteiger partial charge in [-0.1, -0.05) is 19.1 Å². The lowest BCUT2D eigenvalue weighted by atomic mass is 9.82. The zero-order valence-electron chi connectivity index (χ0n) is 27.0. The van der Waals surface area contributed by atoms with Gasteiger partial charge < -0.3 is 28.3 Å². The Morgan fingerprint density at radius 1 is 0.894 bits per heavy atom. The number of halogens is 1. The van der Waals surface area contributed by atoms with Crippen molar-refractivity contribution >= 4 is 20.0 Å². The number of benzene rings is 2. The van der Waals surface area contributed by atoms with Gasteiger partial charge in [-0.25, -0.2) is 0 Å². The van der Waals surface area contributed by atoms with Crippen molar-refractivity contribution in [3.63, 3.8) is 0 Å². The monoisotopic (exact) mass is 659 g/mol. The Balaban J connectivity index is 1.49. The number of aromatic nitrogens is 2. The Kier molecular flexibility index (Phi) is 8.45. The molecule has 0 unspecified atom stereocenters. The van der Waals surface area contributed by atoms with E-state index in [0.29, 0.717) is 22.6 Å². The van der Waals surface area contributed by atoms with Crippen molar-refractivity contribution in [1.29, 1.82) is 0 Å². The first-order valence-corrected chi connectivity index (χ1v) is 18.5. The van der Waals surface area contributed by atoms with Crippen LogP contribution in [0.25, 0.3) is 11.4 Å². The molecule has 2 aromatic heterocycles. The first-order valence-electron chi connectivity index (χ1n) is 15.5. The van der Waals surface area contributed by atoms with E-state index in [9.17, 15) is 19.5 Å². The van der Waals surface area contributed by atoms with Gasteiger partial charge >= 0.3 is 0 Å². The maximum absolute atomic E-state index is 16.0. The lowest BCUT2D eigenvalue weighted by Crippen LogP contribution is -2.45. The Morgan fingerprint density at radius 2 is 1.51 bits per heavy atom. The van der Waals surface area contributed by atoms with Gasteiger partial charge in [0.2, 0.25) is 8.41 Å². The third kappa shape index (κ3) is 5.30. The maximum atomic E-state index is 16.0. The molecule has 1 saturated heterocycles. The number of methoxy groups -OCH3 is 2. The summed E-state index contributed by atoms with van der Waals surface area (Å²) >= 11 is 0. The lowest BCUT2D eigenvalue weighted by Gasteiger charge is -2.31. The van der Waals surface area contributed by atoms with Gasteiger partial charge in [0.1, 0.15) is 0 Å². The first kappa shape index (κ1) is 32.4. The molecule has 0 radical (unpaired) electrons. The molecular formula is C35H38FN3O7Si. The van der Waals surface area contributed by atoms with Crippen LogP contribution in [0.3, 0.4) is 0 Å². The Bertz CT molecular complexity index is 1950. The van der Waals surface area contributed by atoms with Gasteiger partial charge in [-0.15, -0.1) is 0 Å². The normalized spacial score (nSPS) is 22.1. The smallest absolute Gasteiger partial charge is 0.297 e. The number of ether oxygens (including phenoxy) is 3. The second-order valence-corrected chi connectivity index (χ2v) is 16.3. The number of aliphatic hydroxyl groups excluding tert-OH is 1. The molecule has 4 atom stereocenters. The molecule has 4 heterocycles. The van der Waals surface area contributed by atoms with E-state index >= 15 is 4.11 Å². The van der Waals surface area contributed by atoms with Crippen LogP contribution in [0.1, 0.15) is 24.5 Å². The van der Waals surface area contributed by atoms with Gasteiger partial charge in [-0.3, -0.25) is 23.5 Å². The van der Waals surface area contributed by atoms with E-state index in [0.717, 1.165) is 5.56 Å². The number of fused-ring (bicyclic) bond motifs is 2. The van der Waals surface area contributed by atoms with Crippen molar-refractivity contribution in [2.24, 2.45) is 5.92 Å². The van der Waals surface area contributed by atoms with Crippen LogP contribution in [-0.2, 0) is 21.7 Å². The van der Waals surface area contributed by atoms with Crippen LogP contribution in [0.15, 0.2) is 88.7 Å². The number of amides is 1. The van der Waals surface area contributed by atoms with Gasteiger partial charge in [-0.05, 0) is 79.7 Å². The predicted molar refractivity (Wildman–Crippen MR) is 178 cm³/mol. The molecule has 10 nitrogen and oxygen atoms in total. The number of pyridine rings is 2. The summed E-state index contributed by atoms with van der Waals surface area (Å²) < 4.78 is 36.1. The number of carbonyl (C=O) groups excluding carboxylic acids is 1. The van der Waals surface area contributed by atoms with Crippen molar-refractivity contribution in [2.75, 3.05) is 25.7 Å². The highest BCUT2D eigenvalue weighted by Crippen LogP contribution is 2.60. The molecule has 2 aromatic carbocycles. The third-order valence-corrected chi connectivity index (χ3v) is 11.9. The Labute approximate surface area is 272 Å². The fourth-order valence-corrected chi connectivity index (χ4v) is 9.93. The van der Waals surface area contributed by atoms with Crippen LogP contribution in [0.5, 0.6) is 11.5 Å². The minimum atomic E-state index is -3.41. The standard InChI is InChI=1S/C35H38FN3O7Si/c1-22-31(47(4,5)36)28(15-18-40)46-35(22)26-20-25(38-17-8-12-30(45-3)33(38)42)13-14-27(26)39(34(35)43)21-23-9-6-10-24(19-23)37-16-7-11-29(44-2)32(37)41/h6-14,16-17,19-20,22,28,31,40H,15,18,21H2,1-5H3/t22-,28+,31-,35+/m1/s1.